The highest BCUT2D eigenvalue weighted by Crippen LogP contribution is 2.22. The van der Waals surface area contributed by atoms with Gasteiger partial charge < -0.3 is 9.47 Å². The molecule has 0 aliphatic rings. The smallest absolute Gasteiger partial charge is 0.129 e. The van der Waals surface area contributed by atoms with Crippen molar-refractivity contribution in [1.82, 2.24) is 0 Å². The van der Waals surface area contributed by atoms with E-state index in [1.165, 1.54) is 6.07 Å². The van der Waals surface area contributed by atoms with Gasteiger partial charge in [0.1, 0.15) is 18.2 Å². The lowest BCUT2D eigenvalue weighted by Gasteiger charge is -2.16. The van der Waals surface area contributed by atoms with Gasteiger partial charge in [-0.25, -0.2) is 4.39 Å². The summed E-state index contributed by atoms with van der Waals surface area (Å²) in [6, 6.07) is 16.2. The average molecular weight is 339 g/mol. The second-order valence-corrected chi connectivity index (χ2v) is 4.84. The molecule has 0 amide bonds. The van der Waals surface area contributed by atoms with Crippen molar-refractivity contribution in [3.63, 3.8) is 0 Å². The van der Waals surface area contributed by atoms with E-state index < -0.39 is 0 Å². The minimum absolute atomic E-state index is 0.249. The SMILES string of the molecule is Fc1ccccc1C(CBr)OCCOc1ccccc1. The molecule has 2 rings (SSSR count). The van der Waals surface area contributed by atoms with Crippen LogP contribution >= 0.6 is 15.9 Å². The van der Waals surface area contributed by atoms with Crippen molar-refractivity contribution in [2.75, 3.05) is 18.5 Å². The summed E-state index contributed by atoms with van der Waals surface area (Å²) in [5.41, 5.74) is 0.559. The summed E-state index contributed by atoms with van der Waals surface area (Å²) in [5.74, 6) is 0.554. The largest absolute Gasteiger partial charge is 0.491 e. The van der Waals surface area contributed by atoms with Gasteiger partial charge in [0.25, 0.3) is 0 Å². The molecule has 0 spiro atoms. The molecule has 0 saturated heterocycles. The Kier molecular flexibility index (Phi) is 6.02. The number of rotatable bonds is 7. The zero-order chi connectivity index (χ0) is 14.2. The fraction of sp³-hybridized carbons (Fsp3) is 0.250. The van der Waals surface area contributed by atoms with E-state index in [0.29, 0.717) is 24.1 Å². The van der Waals surface area contributed by atoms with Gasteiger partial charge in [-0.1, -0.05) is 52.3 Å². The second-order valence-electron chi connectivity index (χ2n) is 4.20. The maximum atomic E-state index is 13.7. The molecule has 0 aromatic heterocycles. The van der Waals surface area contributed by atoms with Crippen LogP contribution in [0.1, 0.15) is 11.7 Å². The topological polar surface area (TPSA) is 18.5 Å². The highest BCUT2D eigenvalue weighted by atomic mass is 79.9. The Morgan fingerprint density at radius 2 is 1.65 bits per heavy atom. The molecule has 0 N–H and O–H groups in total. The van der Waals surface area contributed by atoms with Gasteiger partial charge in [0, 0.05) is 10.9 Å². The van der Waals surface area contributed by atoms with Crippen LogP contribution in [0.3, 0.4) is 0 Å². The van der Waals surface area contributed by atoms with Gasteiger partial charge in [0.05, 0.1) is 12.7 Å². The summed E-state index contributed by atoms with van der Waals surface area (Å²) < 4.78 is 24.9. The van der Waals surface area contributed by atoms with Crippen LogP contribution < -0.4 is 4.74 Å². The van der Waals surface area contributed by atoms with Crippen LogP contribution in [0.5, 0.6) is 5.75 Å². The summed E-state index contributed by atoms with van der Waals surface area (Å²) in [6.45, 7) is 0.835. The predicted molar refractivity (Wildman–Crippen MR) is 80.8 cm³/mol. The maximum Gasteiger partial charge on any atom is 0.129 e. The highest BCUT2D eigenvalue weighted by molar-refractivity contribution is 9.09. The van der Waals surface area contributed by atoms with E-state index in [0.717, 1.165) is 5.75 Å². The first-order chi connectivity index (χ1) is 9.81. The quantitative estimate of drug-likeness (QED) is 0.551. The molecule has 2 aromatic carbocycles. The zero-order valence-corrected chi connectivity index (χ0v) is 12.6. The van der Waals surface area contributed by atoms with Crippen LogP contribution in [-0.4, -0.2) is 18.5 Å². The van der Waals surface area contributed by atoms with Crippen molar-refractivity contribution in [2.45, 2.75) is 6.10 Å². The molecule has 4 heteroatoms. The van der Waals surface area contributed by atoms with Crippen LogP contribution in [0.4, 0.5) is 4.39 Å². The minimum Gasteiger partial charge on any atom is -0.491 e. The Balaban J connectivity index is 1.81. The van der Waals surface area contributed by atoms with E-state index in [-0.39, 0.29) is 11.9 Å². The molecule has 0 aliphatic carbocycles. The summed E-state index contributed by atoms with van der Waals surface area (Å²) in [4.78, 5) is 0. The Morgan fingerprint density at radius 1 is 0.950 bits per heavy atom. The molecule has 0 heterocycles. The Morgan fingerprint density at radius 3 is 2.35 bits per heavy atom. The molecule has 2 nitrogen and oxygen atoms in total. The third-order valence-corrected chi connectivity index (χ3v) is 3.39. The van der Waals surface area contributed by atoms with E-state index in [1.807, 2.05) is 30.3 Å². The first-order valence-corrected chi connectivity index (χ1v) is 7.53. The summed E-state index contributed by atoms with van der Waals surface area (Å²) in [6.07, 6.45) is -0.310. The monoisotopic (exact) mass is 338 g/mol. The molecule has 0 fully saturated rings. The lowest BCUT2D eigenvalue weighted by atomic mass is 10.1. The predicted octanol–water partition coefficient (Wildman–Crippen LogP) is 4.36. The van der Waals surface area contributed by atoms with E-state index in [9.17, 15) is 4.39 Å². The third-order valence-electron chi connectivity index (χ3n) is 2.81. The third kappa shape index (κ3) is 4.32. The molecule has 0 aliphatic heterocycles. The molecular weight excluding hydrogens is 323 g/mol. The van der Waals surface area contributed by atoms with E-state index in [2.05, 4.69) is 15.9 Å². The van der Waals surface area contributed by atoms with Crippen LogP contribution in [0.15, 0.2) is 54.6 Å². The Bertz CT molecular complexity index is 519. The van der Waals surface area contributed by atoms with Crippen molar-refractivity contribution < 1.29 is 13.9 Å². The summed E-state index contributed by atoms with van der Waals surface area (Å²) >= 11 is 3.35. The van der Waals surface area contributed by atoms with Crippen molar-refractivity contribution in [3.05, 3.63) is 66.0 Å². The molecule has 1 unspecified atom stereocenters. The molecule has 0 saturated carbocycles. The molecule has 2 aromatic rings. The zero-order valence-electron chi connectivity index (χ0n) is 11.0. The van der Waals surface area contributed by atoms with Gasteiger partial charge in [-0.3, -0.25) is 0 Å². The average Bonchev–Trinajstić information content (AvgIpc) is 2.50. The van der Waals surface area contributed by atoms with Crippen LogP contribution in [0.25, 0.3) is 0 Å². The van der Waals surface area contributed by atoms with Gasteiger partial charge in [0.15, 0.2) is 0 Å². The van der Waals surface area contributed by atoms with Crippen molar-refractivity contribution in [3.8, 4) is 5.75 Å². The van der Waals surface area contributed by atoms with Crippen molar-refractivity contribution in [2.24, 2.45) is 0 Å². The fourth-order valence-corrected chi connectivity index (χ4v) is 2.36. The second kappa shape index (κ2) is 8.02. The van der Waals surface area contributed by atoms with Gasteiger partial charge in [0.2, 0.25) is 0 Å². The Labute approximate surface area is 126 Å². The first kappa shape index (κ1) is 15.0. The van der Waals surface area contributed by atoms with Crippen molar-refractivity contribution >= 4 is 15.9 Å². The molecule has 0 radical (unpaired) electrons. The molecular formula is C16H16BrFO2. The van der Waals surface area contributed by atoms with Gasteiger partial charge in [-0.15, -0.1) is 0 Å². The number of halogens is 2. The van der Waals surface area contributed by atoms with Crippen LogP contribution in [-0.2, 0) is 4.74 Å². The summed E-state index contributed by atoms with van der Waals surface area (Å²) in [5, 5.41) is 0.541. The van der Waals surface area contributed by atoms with Crippen molar-refractivity contribution in [1.29, 1.82) is 0 Å². The van der Waals surface area contributed by atoms with E-state index in [1.54, 1.807) is 18.2 Å². The number of hydrogen-bond acceptors (Lipinski definition) is 2. The van der Waals surface area contributed by atoms with Gasteiger partial charge in [-0.2, -0.15) is 0 Å². The number of benzene rings is 2. The molecule has 1 atom stereocenters. The maximum absolute atomic E-state index is 13.7. The first-order valence-electron chi connectivity index (χ1n) is 6.41. The number of para-hydroxylation sites is 1. The number of hydrogen-bond donors (Lipinski definition) is 0. The van der Waals surface area contributed by atoms with E-state index >= 15 is 0 Å². The minimum atomic E-state index is -0.310. The number of alkyl halides is 1. The lowest BCUT2D eigenvalue weighted by molar-refractivity contribution is 0.0454. The molecule has 106 valence electrons. The van der Waals surface area contributed by atoms with Gasteiger partial charge >= 0.3 is 0 Å². The molecule has 0 bridgehead atoms. The van der Waals surface area contributed by atoms with E-state index in [4.69, 9.17) is 9.47 Å². The molecule has 20 heavy (non-hydrogen) atoms. The normalized spacial score (nSPS) is 12.1. The standard InChI is InChI=1S/C16H16BrFO2/c17-12-16(14-8-4-5-9-15(14)18)20-11-10-19-13-6-2-1-3-7-13/h1-9,16H,10-12H2. The fourth-order valence-electron chi connectivity index (χ4n) is 1.82. The van der Waals surface area contributed by atoms with Gasteiger partial charge in [-0.05, 0) is 18.2 Å². The van der Waals surface area contributed by atoms with Crippen LogP contribution in [0, 0.1) is 5.82 Å². The number of ether oxygens (including phenoxy) is 2. The summed E-state index contributed by atoms with van der Waals surface area (Å²) in [7, 11) is 0. The highest BCUT2D eigenvalue weighted by Gasteiger charge is 2.14. The lowest BCUT2D eigenvalue weighted by Crippen LogP contribution is -2.13. The van der Waals surface area contributed by atoms with Crippen LogP contribution in [0.2, 0.25) is 0 Å². The Hall–Kier alpha value is -1.39.